The third kappa shape index (κ3) is 5.47. The van der Waals surface area contributed by atoms with Crippen LogP contribution in [0.25, 0.3) is 11.1 Å². The lowest BCUT2D eigenvalue weighted by atomic mass is 9.79. The van der Waals surface area contributed by atoms with E-state index in [2.05, 4.69) is 4.74 Å². The van der Waals surface area contributed by atoms with E-state index in [1.807, 2.05) is 6.92 Å². The van der Waals surface area contributed by atoms with Crippen molar-refractivity contribution in [1.29, 1.82) is 0 Å². The van der Waals surface area contributed by atoms with E-state index < -0.39 is 69.4 Å². The van der Waals surface area contributed by atoms with Gasteiger partial charge in [0.2, 0.25) is 0 Å². The first-order chi connectivity index (χ1) is 17.7. The minimum Gasteiger partial charge on any atom is -0.429 e. The Hall–Kier alpha value is -3.24. The Kier molecular flexibility index (Phi) is 7.42. The molecule has 0 amide bonds. The molecule has 204 valence electrons. The van der Waals surface area contributed by atoms with Crippen LogP contribution in [-0.2, 0) is 12.3 Å². The minimum atomic E-state index is -5.34. The van der Waals surface area contributed by atoms with Gasteiger partial charge in [-0.25, -0.2) is 22.0 Å². The highest BCUT2D eigenvalue weighted by Crippen LogP contribution is 2.41. The molecule has 11 heteroatoms. The summed E-state index contributed by atoms with van der Waals surface area (Å²) in [6.45, 7) is 2.03. The summed E-state index contributed by atoms with van der Waals surface area (Å²) in [6, 6.07) is 4.12. The smallest absolute Gasteiger partial charge is 0.429 e. The average Bonchev–Trinajstić information content (AvgIpc) is 2.79. The number of rotatable bonds is 5. The van der Waals surface area contributed by atoms with E-state index in [1.54, 1.807) is 0 Å². The van der Waals surface area contributed by atoms with Gasteiger partial charge in [0.25, 0.3) is 0 Å². The quantitative estimate of drug-likeness (QED) is 0.288. The van der Waals surface area contributed by atoms with Gasteiger partial charge in [-0.2, -0.15) is 22.0 Å². The summed E-state index contributed by atoms with van der Waals surface area (Å²) in [5.41, 5.74) is -4.85. The summed E-state index contributed by atoms with van der Waals surface area (Å²) in [4.78, 5) is 0. The molecule has 0 bridgehead atoms. The summed E-state index contributed by atoms with van der Waals surface area (Å²) >= 11 is 0. The molecule has 1 aliphatic carbocycles. The van der Waals surface area contributed by atoms with Crippen LogP contribution in [0.4, 0.5) is 43.9 Å². The third-order valence-electron chi connectivity index (χ3n) is 6.70. The third-order valence-corrected chi connectivity index (χ3v) is 6.70. The Morgan fingerprint density at radius 1 is 0.711 bits per heavy atom. The van der Waals surface area contributed by atoms with Gasteiger partial charge >= 0.3 is 12.3 Å². The fourth-order valence-corrected chi connectivity index (χ4v) is 4.67. The molecule has 0 heterocycles. The first kappa shape index (κ1) is 27.8. The van der Waals surface area contributed by atoms with E-state index in [4.69, 9.17) is 0 Å². The number of hydrogen-bond acceptors (Lipinski definition) is 1. The van der Waals surface area contributed by atoms with Crippen LogP contribution in [0.3, 0.4) is 0 Å². The molecule has 0 radical (unpaired) electrons. The van der Waals surface area contributed by atoms with Gasteiger partial charge in [-0.15, -0.1) is 0 Å². The summed E-state index contributed by atoms with van der Waals surface area (Å²) in [5.74, 6) is -9.33. The molecular weight excluding hydrogens is 530 g/mol. The van der Waals surface area contributed by atoms with Crippen molar-refractivity contribution in [3.8, 4) is 16.9 Å². The van der Waals surface area contributed by atoms with Crippen molar-refractivity contribution in [2.75, 3.05) is 0 Å². The number of benzene rings is 3. The molecule has 1 fully saturated rings. The molecule has 4 rings (SSSR count). The van der Waals surface area contributed by atoms with Gasteiger partial charge in [-0.05, 0) is 66.1 Å². The minimum absolute atomic E-state index is 0.0136. The lowest BCUT2D eigenvalue weighted by Crippen LogP contribution is -2.25. The van der Waals surface area contributed by atoms with Crippen LogP contribution in [0.15, 0.2) is 42.5 Å². The van der Waals surface area contributed by atoms with Gasteiger partial charge in [-0.1, -0.05) is 25.8 Å². The predicted octanol–water partition coefficient (Wildman–Crippen LogP) is 9.49. The molecule has 1 saturated carbocycles. The molecule has 3 aromatic carbocycles. The highest BCUT2D eigenvalue weighted by Gasteiger charge is 2.41. The first-order valence-corrected chi connectivity index (χ1v) is 11.6. The zero-order chi connectivity index (χ0) is 28.0. The van der Waals surface area contributed by atoms with E-state index in [9.17, 15) is 43.9 Å². The number of hydrogen-bond donors (Lipinski definition) is 0. The SMILES string of the molecule is CC1CCC(c2ccc(C(F)(F)Oc3ccc(-c4cc(F)c(C(F)(F)F)c(F)c4)c(F)c3)c(F)c2F)CC1. The molecule has 1 nitrogen and oxygen atoms in total. The second-order valence-corrected chi connectivity index (χ2v) is 9.36. The maximum Gasteiger partial charge on any atom is 0.429 e. The summed E-state index contributed by atoms with van der Waals surface area (Å²) < 4.78 is 144. The van der Waals surface area contributed by atoms with E-state index in [0.29, 0.717) is 30.9 Å². The van der Waals surface area contributed by atoms with Crippen molar-refractivity contribution in [1.82, 2.24) is 0 Å². The van der Waals surface area contributed by atoms with Gasteiger partial charge in [0, 0.05) is 11.6 Å². The zero-order valence-electron chi connectivity index (χ0n) is 19.7. The monoisotopic (exact) mass is 550 g/mol. The Morgan fingerprint density at radius 3 is 1.87 bits per heavy atom. The highest BCUT2D eigenvalue weighted by atomic mass is 19.4. The predicted molar refractivity (Wildman–Crippen MR) is 118 cm³/mol. The van der Waals surface area contributed by atoms with Crippen LogP contribution in [0, 0.1) is 35.0 Å². The lowest BCUT2D eigenvalue weighted by molar-refractivity contribution is -0.187. The molecule has 0 N–H and O–H groups in total. The molecule has 38 heavy (non-hydrogen) atoms. The van der Waals surface area contributed by atoms with Crippen molar-refractivity contribution >= 4 is 0 Å². The van der Waals surface area contributed by atoms with Crippen molar-refractivity contribution in [3.63, 3.8) is 0 Å². The maximum atomic E-state index is 14.8. The van der Waals surface area contributed by atoms with Gasteiger partial charge in [-0.3, -0.25) is 0 Å². The molecule has 0 atom stereocenters. The van der Waals surface area contributed by atoms with Gasteiger partial charge in [0.05, 0.1) is 0 Å². The molecular formula is C27H20F10O. The fraction of sp³-hybridized carbons (Fsp3) is 0.333. The van der Waals surface area contributed by atoms with Crippen LogP contribution >= 0.6 is 0 Å². The van der Waals surface area contributed by atoms with E-state index in [-0.39, 0.29) is 23.6 Å². The van der Waals surface area contributed by atoms with Crippen molar-refractivity contribution in [3.05, 3.63) is 88.2 Å². The van der Waals surface area contributed by atoms with E-state index in [1.165, 1.54) is 0 Å². The fourth-order valence-electron chi connectivity index (χ4n) is 4.67. The molecule has 0 saturated heterocycles. The van der Waals surface area contributed by atoms with Crippen LogP contribution in [-0.4, -0.2) is 0 Å². The summed E-state index contributed by atoms with van der Waals surface area (Å²) in [6.07, 6.45) is -7.02. The molecule has 1 aliphatic rings. The largest absolute Gasteiger partial charge is 0.429 e. The van der Waals surface area contributed by atoms with Crippen LogP contribution in [0.2, 0.25) is 0 Å². The number of halogens is 10. The topological polar surface area (TPSA) is 9.23 Å². The van der Waals surface area contributed by atoms with E-state index in [0.717, 1.165) is 31.0 Å². The maximum absolute atomic E-state index is 14.8. The van der Waals surface area contributed by atoms with Gasteiger partial charge in [0.1, 0.15) is 34.3 Å². The molecule has 0 spiro atoms. The first-order valence-electron chi connectivity index (χ1n) is 11.6. The average molecular weight is 550 g/mol. The van der Waals surface area contributed by atoms with Gasteiger partial charge < -0.3 is 4.74 Å². The van der Waals surface area contributed by atoms with Crippen molar-refractivity contribution in [2.45, 2.75) is 50.8 Å². The summed E-state index contributed by atoms with van der Waals surface area (Å²) in [5, 5.41) is 0. The second kappa shape index (κ2) is 10.1. The van der Waals surface area contributed by atoms with Gasteiger partial charge in [0.15, 0.2) is 11.6 Å². The van der Waals surface area contributed by atoms with Crippen LogP contribution in [0.5, 0.6) is 5.75 Å². The normalized spacial score (nSPS) is 18.5. The molecule has 0 unspecified atom stereocenters. The highest BCUT2D eigenvalue weighted by molar-refractivity contribution is 5.66. The van der Waals surface area contributed by atoms with Crippen LogP contribution in [0.1, 0.15) is 55.2 Å². The summed E-state index contributed by atoms with van der Waals surface area (Å²) in [7, 11) is 0. The van der Waals surface area contributed by atoms with Crippen molar-refractivity contribution < 1.29 is 48.6 Å². The Labute approximate surface area is 211 Å². The number of ether oxygens (including phenoxy) is 1. The van der Waals surface area contributed by atoms with E-state index >= 15 is 0 Å². The Morgan fingerprint density at radius 2 is 1.32 bits per heavy atom. The number of alkyl halides is 5. The van der Waals surface area contributed by atoms with Crippen molar-refractivity contribution in [2.24, 2.45) is 5.92 Å². The second-order valence-electron chi connectivity index (χ2n) is 9.36. The molecule has 3 aromatic rings. The molecule has 0 aliphatic heterocycles. The van der Waals surface area contributed by atoms with Crippen LogP contribution < -0.4 is 4.74 Å². The standard InChI is InChI=1S/C27H20F10O/c1-13-2-4-14(5-3-13)18-8-9-19(25(32)24(18)31)27(36,37)38-16-6-7-17(20(28)12-16)15-10-21(29)23(22(30)11-15)26(33,34)35/h6-14H,2-5H2,1H3. The Bertz CT molecular complexity index is 1320. The lowest BCUT2D eigenvalue weighted by Gasteiger charge is -2.27. The molecule has 0 aromatic heterocycles. The Balaban J connectivity index is 1.59. The zero-order valence-corrected chi connectivity index (χ0v) is 19.7.